The van der Waals surface area contributed by atoms with Crippen LogP contribution in [-0.2, 0) is 22.4 Å². The topological polar surface area (TPSA) is 114 Å². The third kappa shape index (κ3) is 8.49. The van der Waals surface area contributed by atoms with Gasteiger partial charge >= 0.3 is 0 Å². The van der Waals surface area contributed by atoms with E-state index in [0.717, 1.165) is 96.5 Å². The molecule has 0 saturated heterocycles. The summed E-state index contributed by atoms with van der Waals surface area (Å²) in [5.41, 5.74) is 18.8. The van der Waals surface area contributed by atoms with Gasteiger partial charge in [0.25, 0.3) is 0 Å². The lowest BCUT2D eigenvalue weighted by molar-refractivity contribution is -0.122. The Balaban J connectivity index is 1.16. The number of carbonyl (C=O) groups is 2. The van der Waals surface area contributed by atoms with Crippen molar-refractivity contribution in [3.8, 4) is 0 Å². The highest BCUT2D eigenvalue weighted by Gasteiger charge is 2.26. The van der Waals surface area contributed by atoms with Crippen LogP contribution in [0.2, 0.25) is 0 Å². The van der Waals surface area contributed by atoms with E-state index in [1.54, 1.807) is 0 Å². The zero-order valence-electron chi connectivity index (χ0n) is 33.9. The maximum Gasteiger partial charge on any atom is 0.224 e. The van der Waals surface area contributed by atoms with Gasteiger partial charge in [-0.25, -0.2) is 0 Å². The van der Waals surface area contributed by atoms with Crippen LogP contribution in [0.15, 0.2) is 104 Å². The van der Waals surface area contributed by atoms with Crippen molar-refractivity contribution < 1.29 is 9.59 Å². The average molecular weight is 735 g/mol. The number of rotatable bonds is 12. The summed E-state index contributed by atoms with van der Waals surface area (Å²) in [7, 11) is 0. The number of hydrogen-bond acceptors (Lipinski definition) is 4. The Kier molecular flexibility index (Phi) is 11.6. The highest BCUT2D eigenvalue weighted by Crippen LogP contribution is 2.37. The fraction of sp³-hybridized carbons (Fsp3) is 0.319. The fourth-order valence-electron chi connectivity index (χ4n) is 7.77. The van der Waals surface area contributed by atoms with Gasteiger partial charge in [-0.05, 0) is 137 Å². The highest BCUT2D eigenvalue weighted by atomic mass is 16.2. The molecular formula is C47H54N6O2. The lowest BCUT2D eigenvalue weighted by Gasteiger charge is -2.14. The Hall–Kier alpha value is -5.76. The van der Waals surface area contributed by atoms with Crippen LogP contribution in [0.5, 0.6) is 0 Å². The number of allylic oxidation sites excluding steroid dienone is 4. The van der Waals surface area contributed by atoms with Crippen LogP contribution in [0.25, 0.3) is 12.2 Å². The molecule has 2 aromatic heterocycles. The second kappa shape index (κ2) is 16.3. The van der Waals surface area contributed by atoms with Crippen LogP contribution in [0.4, 0.5) is 0 Å². The van der Waals surface area contributed by atoms with Crippen LogP contribution in [-0.4, -0.2) is 33.2 Å². The molecule has 2 aliphatic rings. The number of aromatic nitrogens is 2. The second-order valence-corrected chi connectivity index (χ2v) is 15.1. The van der Waals surface area contributed by atoms with Gasteiger partial charge in [-0.3, -0.25) is 19.6 Å². The number of amides is 2. The molecule has 0 radical (unpaired) electrons. The van der Waals surface area contributed by atoms with Crippen molar-refractivity contribution in [3.63, 3.8) is 0 Å². The number of nitrogens with zero attached hydrogens (tertiary/aromatic N) is 2. The number of H-pyrrole nitrogens is 2. The fourth-order valence-corrected chi connectivity index (χ4v) is 7.77. The minimum atomic E-state index is -0.0651. The molecule has 8 heteroatoms. The Labute approximate surface area is 325 Å². The van der Waals surface area contributed by atoms with Gasteiger partial charge in [0.1, 0.15) is 0 Å². The van der Waals surface area contributed by atoms with Crippen molar-refractivity contribution >= 4 is 35.4 Å². The van der Waals surface area contributed by atoms with Gasteiger partial charge in [-0.2, -0.15) is 0 Å². The van der Waals surface area contributed by atoms with E-state index in [2.05, 4.69) is 74.3 Å². The van der Waals surface area contributed by atoms with E-state index < -0.39 is 0 Å². The molecule has 0 aliphatic carbocycles. The van der Waals surface area contributed by atoms with Crippen molar-refractivity contribution in [3.05, 3.63) is 151 Å². The second-order valence-electron chi connectivity index (χ2n) is 15.1. The monoisotopic (exact) mass is 734 g/mol. The molecular weight excluding hydrogens is 681 g/mol. The van der Waals surface area contributed by atoms with Gasteiger partial charge < -0.3 is 20.6 Å². The normalized spacial score (nSPS) is 16.9. The van der Waals surface area contributed by atoms with Gasteiger partial charge in [-0.15, -0.1) is 0 Å². The molecule has 2 aromatic carbocycles. The first-order valence-electron chi connectivity index (χ1n) is 19.2. The summed E-state index contributed by atoms with van der Waals surface area (Å²) in [5, 5.41) is 6.30. The van der Waals surface area contributed by atoms with Gasteiger partial charge in [-0.1, -0.05) is 60.7 Å². The zero-order chi connectivity index (χ0) is 39.6. The highest BCUT2D eigenvalue weighted by molar-refractivity contribution is 6.09. The summed E-state index contributed by atoms with van der Waals surface area (Å²) in [6.07, 6.45) is 5.58. The number of nitrogens with one attached hydrogen (secondary N) is 4. The van der Waals surface area contributed by atoms with Crippen LogP contribution in [0.1, 0.15) is 116 Å². The molecule has 4 aromatic rings. The molecule has 0 fully saturated rings. The van der Waals surface area contributed by atoms with Crippen LogP contribution < -0.4 is 10.6 Å². The van der Waals surface area contributed by atoms with E-state index in [0.29, 0.717) is 12.8 Å². The van der Waals surface area contributed by atoms with Gasteiger partial charge in [0.05, 0.1) is 36.3 Å². The molecule has 55 heavy (non-hydrogen) atoms. The van der Waals surface area contributed by atoms with Crippen molar-refractivity contribution in [2.45, 2.75) is 101 Å². The predicted octanol–water partition coefficient (Wildman–Crippen LogP) is 9.77. The SMILES string of the molecule is CC1=N/C(=C\c2[nH]c(C)c(CC(=O)N[C@@H](C)c3ccccc3)c2C)C(C)=C1CC1=C(C)/C(=C\c2[nH]c(C)c(CC(=O)N[C@@H](C)c3ccccc3)c2C)N=C1C. The smallest absolute Gasteiger partial charge is 0.224 e. The minimum absolute atomic E-state index is 0.00175. The number of aryl methyl sites for hydroxylation is 2. The Morgan fingerprint density at radius 1 is 0.600 bits per heavy atom. The van der Waals surface area contributed by atoms with Crippen molar-refractivity contribution in [1.29, 1.82) is 0 Å². The molecule has 2 atom stereocenters. The molecule has 4 N–H and O–H groups in total. The molecule has 8 nitrogen and oxygen atoms in total. The largest absolute Gasteiger partial charge is 0.359 e. The molecule has 0 unspecified atom stereocenters. The van der Waals surface area contributed by atoms with E-state index in [4.69, 9.17) is 9.98 Å². The first-order valence-corrected chi connectivity index (χ1v) is 19.2. The molecule has 284 valence electrons. The number of aliphatic imine (C=N–C) groups is 2. The molecule has 2 aliphatic heterocycles. The van der Waals surface area contributed by atoms with Crippen molar-refractivity contribution in [1.82, 2.24) is 20.6 Å². The lowest BCUT2D eigenvalue weighted by atomic mass is 9.93. The third-order valence-corrected chi connectivity index (χ3v) is 11.3. The van der Waals surface area contributed by atoms with E-state index >= 15 is 0 Å². The summed E-state index contributed by atoms with van der Waals surface area (Å²) in [6.45, 7) is 20.7. The number of aromatic amines is 2. The quantitative estimate of drug-likeness (QED) is 0.116. The van der Waals surface area contributed by atoms with Crippen molar-refractivity contribution in [2.24, 2.45) is 9.98 Å². The standard InChI is InChI=1S/C47H54N6O2/c1-26-38(32(7)48-42(26)24-44-28(3)40(34(9)50-44)22-46(54)52-30(5)36-17-13-11-14-18-36)21-39-27(2)43(49-33(39)8)25-45-29(4)41(35(10)51-45)23-47(55)53-31(6)37-19-15-12-16-20-37/h11-20,24-25,30-31,50-51H,21-23H2,1-10H3,(H,52,54)(H,53,55)/b42-24-,43-25+/t30-,31-/m0/s1. The molecule has 6 rings (SSSR count). The number of benzene rings is 2. The summed E-state index contributed by atoms with van der Waals surface area (Å²) in [5.74, 6) is -0.00350. The third-order valence-electron chi connectivity index (χ3n) is 11.3. The molecule has 4 heterocycles. The predicted molar refractivity (Wildman–Crippen MR) is 226 cm³/mol. The van der Waals surface area contributed by atoms with Crippen LogP contribution >= 0.6 is 0 Å². The van der Waals surface area contributed by atoms with Gasteiger partial charge in [0.15, 0.2) is 0 Å². The number of hydrogen-bond donors (Lipinski definition) is 4. The van der Waals surface area contributed by atoms with E-state index in [1.165, 1.54) is 11.1 Å². The van der Waals surface area contributed by atoms with Crippen molar-refractivity contribution in [2.75, 3.05) is 0 Å². The Morgan fingerprint density at radius 3 is 1.33 bits per heavy atom. The van der Waals surface area contributed by atoms with E-state index in [-0.39, 0.29) is 23.9 Å². The van der Waals surface area contributed by atoms with Crippen LogP contribution in [0.3, 0.4) is 0 Å². The number of carbonyl (C=O) groups excluding carboxylic acids is 2. The summed E-state index contributed by atoms with van der Waals surface area (Å²) in [4.78, 5) is 43.2. The molecule has 0 bridgehead atoms. The molecule has 2 amide bonds. The van der Waals surface area contributed by atoms with E-state index in [1.807, 2.05) is 88.4 Å². The lowest BCUT2D eigenvalue weighted by Crippen LogP contribution is -2.28. The van der Waals surface area contributed by atoms with Crippen LogP contribution in [0, 0.1) is 27.7 Å². The maximum absolute atomic E-state index is 13.1. The minimum Gasteiger partial charge on any atom is -0.359 e. The van der Waals surface area contributed by atoms with E-state index in [9.17, 15) is 9.59 Å². The summed E-state index contributed by atoms with van der Waals surface area (Å²) < 4.78 is 0. The maximum atomic E-state index is 13.1. The van der Waals surface area contributed by atoms with Gasteiger partial charge in [0.2, 0.25) is 11.8 Å². The average Bonchev–Trinajstić information content (AvgIpc) is 3.78. The zero-order valence-corrected chi connectivity index (χ0v) is 33.9. The summed E-state index contributed by atoms with van der Waals surface area (Å²) in [6, 6.07) is 19.9. The molecule has 0 saturated carbocycles. The Morgan fingerprint density at radius 2 is 0.964 bits per heavy atom. The first-order chi connectivity index (χ1) is 26.2. The molecule has 0 spiro atoms. The first kappa shape index (κ1) is 38.9. The van der Waals surface area contributed by atoms with Gasteiger partial charge in [0, 0.05) is 40.6 Å². The summed E-state index contributed by atoms with van der Waals surface area (Å²) >= 11 is 0. The Bertz CT molecular complexity index is 2160.